The normalized spacial score (nSPS) is 19.4. The van der Waals surface area contributed by atoms with Crippen LogP contribution in [0.1, 0.15) is 51.0 Å². The van der Waals surface area contributed by atoms with Crippen LogP contribution in [0.2, 0.25) is 0 Å². The van der Waals surface area contributed by atoms with E-state index in [9.17, 15) is 0 Å². The van der Waals surface area contributed by atoms with E-state index < -0.39 is 0 Å². The molecule has 1 aliphatic carbocycles. The summed E-state index contributed by atoms with van der Waals surface area (Å²) in [5.74, 6) is 0.875. The molecule has 17 heavy (non-hydrogen) atoms. The first-order valence-electron chi connectivity index (χ1n) is 7.05. The summed E-state index contributed by atoms with van der Waals surface area (Å²) in [4.78, 5) is 0. The summed E-state index contributed by atoms with van der Waals surface area (Å²) in [6, 6.07) is 0.313. The molecule has 0 saturated heterocycles. The lowest BCUT2D eigenvalue weighted by atomic mass is 9.84. The van der Waals surface area contributed by atoms with E-state index in [2.05, 4.69) is 18.2 Å². The van der Waals surface area contributed by atoms with Gasteiger partial charge in [0.05, 0.1) is 6.20 Å². The molecule has 0 aromatic carbocycles. The second kappa shape index (κ2) is 6.20. The molecule has 1 aromatic heterocycles. The number of aromatic nitrogens is 2. The SMILES string of the molecule is CCn1cc(CC(N)CC2CCCCC2)cn1. The van der Waals surface area contributed by atoms with Crippen molar-refractivity contribution in [3.63, 3.8) is 0 Å². The van der Waals surface area contributed by atoms with Crippen molar-refractivity contribution in [3.05, 3.63) is 18.0 Å². The van der Waals surface area contributed by atoms with Gasteiger partial charge < -0.3 is 5.73 Å². The minimum absolute atomic E-state index is 0.313. The van der Waals surface area contributed by atoms with Gasteiger partial charge in [0, 0.05) is 18.8 Å². The molecule has 0 radical (unpaired) electrons. The lowest BCUT2D eigenvalue weighted by Gasteiger charge is -2.24. The highest BCUT2D eigenvalue weighted by molar-refractivity contribution is 5.06. The molecule has 1 heterocycles. The van der Waals surface area contributed by atoms with Gasteiger partial charge in [-0.2, -0.15) is 5.10 Å². The van der Waals surface area contributed by atoms with Gasteiger partial charge in [0.2, 0.25) is 0 Å². The first kappa shape index (κ1) is 12.6. The van der Waals surface area contributed by atoms with Gasteiger partial charge in [0.1, 0.15) is 0 Å². The van der Waals surface area contributed by atoms with Crippen LogP contribution in [0.15, 0.2) is 12.4 Å². The van der Waals surface area contributed by atoms with Gasteiger partial charge in [-0.25, -0.2) is 0 Å². The Bertz CT molecular complexity index is 326. The largest absolute Gasteiger partial charge is 0.327 e. The minimum Gasteiger partial charge on any atom is -0.327 e. The highest BCUT2D eigenvalue weighted by atomic mass is 15.3. The topological polar surface area (TPSA) is 43.8 Å². The van der Waals surface area contributed by atoms with Gasteiger partial charge in [-0.15, -0.1) is 0 Å². The predicted octanol–water partition coefficient (Wildman–Crippen LogP) is 2.74. The van der Waals surface area contributed by atoms with Crippen molar-refractivity contribution in [3.8, 4) is 0 Å². The molecule has 2 rings (SSSR count). The van der Waals surface area contributed by atoms with Crippen molar-refractivity contribution in [2.75, 3.05) is 0 Å². The zero-order valence-corrected chi connectivity index (χ0v) is 10.9. The van der Waals surface area contributed by atoms with E-state index in [1.165, 1.54) is 44.1 Å². The maximum absolute atomic E-state index is 6.25. The van der Waals surface area contributed by atoms with Gasteiger partial charge in [-0.3, -0.25) is 4.68 Å². The number of aryl methyl sites for hydroxylation is 1. The molecule has 1 fully saturated rings. The summed E-state index contributed by atoms with van der Waals surface area (Å²) < 4.78 is 1.97. The van der Waals surface area contributed by atoms with E-state index in [1.807, 2.05) is 10.9 Å². The van der Waals surface area contributed by atoms with Crippen LogP contribution < -0.4 is 5.73 Å². The number of hydrogen-bond acceptors (Lipinski definition) is 2. The molecule has 1 aliphatic rings. The molecular formula is C14H25N3. The molecule has 0 bridgehead atoms. The van der Waals surface area contributed by atoms with Crippen LogP contribution in [0.25, 0.3) is 0 Å². The summed E-state index contributed by atoms with van der Waals surface area (Å²) in [6.07, 6.45) is 13.3. The summed E-state index contributed by atoms with van der Waals surface area (Å²) >= 11 is 0. The van der Waals surface area contributed by atoms with Crippen LogP contribution in [-0.4, -0.2) is 15.8 Å². The van der Waals surface area contributed by atoms with Crippen LogP contribution in [0.3, 0.4) is 0 Å². The number of hydrogen-bond donors (Lipinski definition) is 1. The third-order valence-corrected chi connectivity index (χ3v) is 3.87. The third-order valence-electron chi connectivity index (χ3n) is 3.87. The van der Waals surface area contributed by atoms with E-state index in [0.29, 0.717) is 6.04 Å². The zero-order chi connectivity index (χ0) is 12.1. The molecular weight excluding hydrogens is 210 g/mol. The Balaban J connectivity index is 1.77. The third kappa shape index (κ3) is 3.84. The molecule has 2 N–H and O–H groups in total. The van der Waals surface area contributed by atoms with Crippen molar-refractivity contribution in [1.29, 1.82) is 0 Å². The summed E-state index contributed by atoms with van der Waals surface area (Å²) in [5.41, 5.74) is 7.54. The summed E-state index contributed by atoms with van der Waals surface area (Å²) in [7, 11) is 0. The lowest BCUT2D eigenvalue weighted by Crippen LogP contribution is -2.26. The first-order chi connectivity index (χ1) is 8.28. The highest BCUT2D eigenvalue weighted by Crippen LogP contribution is 2.27. The van der Waals surface area contributed by atoms with E-state index in [0.717, 1.165) is 18.9 Å². The fourth-order valence-electron chi connectivity index (χ4n) is 2.92. The standard InChI is InChI=1S/C14H25N3/c1-2-17-11-13(10-16-17)9-14(15)8-12-6-4-3-5-7-12/h10-12,14H,2-9,15H2,1H3. The van der Waals surface area contributed by atoms with Gasteiger partial charge in [0.15, 0.2) is 0 Å². The Hall–Kier alpha value is -0.830. The molecule has 0 amide bonds. The number of nitrogens with zero attached hydrogens (tertiary/aromatic N) is 2. The highest BCUT2D eigenvalue weighted by Gasteiger charge is 2.17. The molecule has 0 spiro atoms. The molecule has 1 atom stereocenters. The average Bonchev–Trinajstić information content (AvgIpc) is 2.78. The number of nitrogens with two attached hydrogens (primary N) is 1. The van der Waals surface area contributed by atoms with Crippen molar-refractivity contribution in [2.24, 2.45) is 11.7 Å². The molecule has 1 aromatic rings. The zero-order valence-electron chi connectivity index (χ0n) is 10.9. The van der Waals surface area contributed by atoms with Crippen molar-refractivity contribution >= 4 is 0 Å². The van der Waals surface area contributed by atoms with Crippen LogP contribution >= 0.6 is 0 Å². The number of rotatable bonds is 5. The molecule has 3 heteroatoms. The Labute approximate surface area is 104 Å². The van der Waals surface area contributed by atoms with Crippen LogP contribution in [0.4, 0.5) is 0 Å². The Morgan fingerprint density at radius 3 is 2.82 bits per heavy atom. The quantitative estimate of drug-likeness (QED) is 0.853. The van der Waals surface area contributed by atoms with Crippen molar-refractivity contribution in [2.45, 2.75) is 64.5 Å². The average molecular weight is 235 g/mol. The van der Waals surface area contributed by atoms with Gasteiger partial charge in [0.25, 0.3) is 0 Å². The first-order valence-corrected chi connectivity index (χ1v) is 7.05. The maximum Gasteiger partial charge on any atom is 0.0522 e. The van der Waals surface area contributed by atoms with Gasteiger partial charge in [-0.05, 0) is 31.2 Å². The van der Waals surface area contributed by atoms with E-state index >= 15 is 0 Å². The lowest BCUT2D eigenvalue weighted by molar-refractivity contribution is 0.317. The Morgan fingerprint density at radius 2 is 2.18 bits per heavy atom. The fourth-order valence-corrected chi connectivity index (χ4v) is 2.92. The van der Waals surface area contributed by atoms with Crippen LogP contribution in [-0.2, 0) is 13.0 Å². The smallest absolute Gasteiger partial charge is 0.0522 e. The molecule has 1 saturated carbocycles. The molecule has 0 aliphatic heterocycles. The van der Waals surface area contributed by atoms with Crippen LogP contribution in [0.5, 0.6) is 0 Å². The fraction of sp³-hybridized carbons (Fsp3) is 0.786. The Morgan fingerprint density at radius 1 is 1.41 bits per heavy atom. The van der Waals surface area contributed by atoms with Gasteiger partial charge in [-0.1, -0.05) is 32.1 Å². The second-order valence-corrected chi connectivity index (χ2v) is 5.41. The monoisotopic (exact) mass is 235 g/mol. The minimum atomic E-state index is 0.313. The van der Waals surface area contributed by atoms with Crippen LogP contribution in [0, 0.1) is 5.92 Å². The predicted molar refractivity (Wildman–Crippen MR) is 70.8 cm³/mol. The molecule has 96 valence electrons. The molecule has 1 unspecified atom stereocenters. The van der Waals surface area contributed by atoms with E-state index in [1.54, 1.807) is 0 Å². The maximum atomic E-state index is 6.25. The molecule has 3 nitrogen and oxygen atoms in total. The van der Waals surface area contributed by atoms with E-state index in [-0.39, 0.29) is 0 Å². The summed E-state index contributed by atoms with van der Waals surface area (Å²) in [6.45, 7) is 3.05. The van der Waals surface area contributed by atoms with Gasteiger partial charge >= 0.3 is 0 Å². The van der Waals surface area contributed by atoms with Crippen molar-refractivity contribution < 1.29 is 0 Å². The Kier molecular flexibility index (Phi) is 4.60. The van der Waals surface area contributed by atoms with Crippen molar-refractivity contribution in [1.82, 2.24) is 9.78 Å². The summed E-state index contributed by atoms with van der Waals surface area (Å²) in [5, 5.41) is 4.30. The van der Waals surface area contributed by atoms with E-state index in [4.69, 9.17) is 5.73 Å². The second-order valence-electron chi connectivity index (χ2n) is 5.41.